The molecule has 13 heteroatoms. The molecule has 3 aromatic rings. The Bertz CT molecular complexity index is 1120. The molecular formula is C18H21F2N9O2. The highest BCUT2D eigenvalue weighted by Crippen LogP contribution is 2.20. The van der Waals surface area contributed by atoms with Crippen molar-refractivity contribution in [3.63, 3.8) is 0 Å². The number of hydrogen-bond donors (Lipinski definition) is 2. The molecule has 0 radical (unpaired) electrons. The molecule has 1 aliphatic heterocycles. The Morgan fingerprint density at radius 3 is 2.94 bits per heavy atom. The molecule has 3 amide bonds. The number of nitrogens with zero attached hydrogens (tertiary/aromatic N) is 7. The average Bonchev–Trinajstić information content (AvgIpc) is 3.35. The van der Waals surface area contributed by atoms with Gasteiger partial charge in [-0.25, -0.2) is 32.7 Å². The van der Waals surface area contributed by atoms with Crippen LogP contribution in [-0.2, 0) is 13.1 Å². The van der Waals surface area contributed by atoms with Gasteiger partial charge < -0.3 is 15.5 Å². The number of amides is 3. The molecule has 1 fully saturated rings. The third kappa shape index (κ3) is 4.44. The molecule has 1 saturated heterocycles. The number of fused-ring (bicyclic) bond motifs is 1. The molecule has 0 aromatic carbocycles. The fourth-order valence-electron chi connectivity index (χ4n) is 3.25. The van der Waals surface area contributed by atoms with E-state index in [9.17, 15) is 18.4 Å². The van der Waals surface area contributed by atoms with Crippen molar-refractivity contribution < 1.29 is 18.4 Å². The second-order valence-corrected chi connectivity index (χ2v) is 7.57. The van der Waals surface area contributed by atoms with Gasteiger partial charge in [-0.2, -0.15) is 10.2 Å². The van der Waals surface area contributed by atoms with Crippen LogP contribution in [0.5, 0.6) is 0 Å². The Labute approximate surface area is 175 Å². The number of nitrogens with one attached hydrogen (secondary N) is 2. The number of urea groups is 1. The zero-order chi connectivity index (χ0) is 22.2. The summed E-state index contributed by atoms with van der Waals surface area (Å²) in [7, 11) is 0. The minimum atomic E-state index is -2.98. The van der Waals surface area contributed by atoms with Crippen LogP contribution < -0.4 is 10.6 Å². The molecule has 11 nitrogen and oxygen atoms in total. The molecule has 1 aliphatic rings. The summed E-state index contributed by atoms with van der Waals surface area (Å²) in [5.74, 6) is -3.16. The highest BCUT2D eigenvalue weighted by atomic mass is 19.3. The summed E-state index contributed by atoms with van der Waals surface area (Å²) < 4.78 is 30.2. The Kier molecular flexibility index (Phi) is 5.25. The number of hydrogen-bond acceptors (Lipinski definition) is 6. The average molecular weight is 433 g/mol. The lowest BCUT2D eigenvalue weighted by Crippen LogP contribution is -2.56. The van der Waals surface area contributed by atoms with Gasteiger partial charge in [-0.1, -0.05) is 0 Å². The Morgan fingerprint density at radius 1 is 1.35 bits per heavy atom. The first-order chi connectivity index (χ1) is 14.7. The molecule has 31 heavy (non-hydrogen) atoms. The molecule has 4 rings (SSSR count). The molecule has 0 atom stereocenters. The number of carbonyl (C=O) groups excluding carboxylic acids is 2. The Morgan fingerprint density at radius 2 is 2.16 bits per heavy atom. The lowest BCUT2D eigenvalue weighted by Gasteiger charge is -2.32. The van der Waals surface area contributed by atoms with Gasteiger partial charge in [0.1, 0.15) is 6.33 Å². The summed E-state index contributed by atoms with van der Waals surface area (Å²) in [4.78, 5) is 33.7. The van der Waals surface area contributed by atoms with Crippen molar-refractivity contribution in [2.75, 3.05) is 13.1 Å². The number of halogens is 2. The summed E-state index contributed by atoms with van der Waals surface area (Å²) in [5.41, 5.74) is 1.58. The molecular weight excluding hydrogens is 412 g/mol. The van der Waals surface area contributed by atoms with E-state index in [0.717, 1.165) is 4.90 Å². The van der Waals surface area contributed by atoms with Gasteiger partial charge in [-0.3, -0.25) is 4.79 Å². The van der Waals surface area contributed by atoms with Crippen molar-refractivity contribution in [3.8, 4) is 0 Å². The minimum Gasteiger partial charge on any atom is -0.344 e. The van der Waals surface area contributed by atoms with E-state index in [1.54, 1.807) is 12.3 Å². The minimum absolute atomic E-state index is 0.0111. The topological polar surface area (TPSA) is 122 Å². The van der Waals surface area contributed by atoms with Crippen LogP contribution in [0.4, 0.5) is 13.6 Å². The summed E-state index contributed by atoms with van der Waals surface area (Å²) in [6, 6.07) is 1.10. The van der Waals surface area contributed by atoms with E-state index in [-0.39, 0.29) is 30.9 Å². The van der Waals surface area contributed by atoms with Crippen LogP contribution in [0.2, 0.25) is 0 Å². The van der Waals surface area contributed by atoms with Crippen LogP contribution in [-0.4, -0.2) is 65.2 Å². The molecule has 0 aliphatic carbocycles. The Hall–Kier alpha value is -3.64. The molecule has 0 saturated carbocycles. The first-order valence-electron chi connectivity index (χ1n) is 9.63. The smallest absolute Gasteiger partial charge is 0.318 e. The van der Waals surface area contributed by atoms with Crippen LogP contribution >= 0.6 is 0 Å². The predicted octanol–water partition coefficient (Wildman–Crippen LogP) is 0.992. The quantitative estimate of drug-likeness (QED) is 0.598. The van der Waals surface area contributed by atoms with Crippen molar-refractivity contribution in [1.29, 1.82) is 0 Å². The molecule has 4 heterocycles. The fraction of sp³-hybridized carbons (Fsp3) is 0.444. The lowest BCUT2D eigenvalue weighted by molar-refractivity contribution is -0.0367. The second-order valence-electron chi connectivity index (χ2n) is 7.57. The van der Waals surface area contributed by atoms with Gasteiger partial charge in [-0.05, 0) is 25.5 Å². The van der Waals surface area contributed by atoms with Gasteiger partial charge in [0.15, 0.2) is 5.65 Å². The van der Waals surface area contributed by atoms with Gasteiger partial charge in [-0.15, -0.1) is 0 Å². The van der Waals surface area contributed by atoms with Crippen LogP contribution in [0, 0.1) is 0 Å². The summed E-state index contributed by atoms with van der Waals surface area (Å²) >= 11 is 0. The summed E-state index contributed by atoms with van der Waals surface area (Å²) in [6.45, 7) is 2.59. The molecule has 164 valence electrons. The highest BCUT2D eigenvalue weighted by Gasteiger charge is 2.38. The number of carbonyl (C=O) groups is 2. The first-order valence-corrected chi connectivity index (χ1v) is 9.63. The van der Waals surface area contributed by atoms with E-state index in [0.29, 0.717) is 16.9 Å². The largest absolute Gasteiger partial charge is 0.344 e. The SMILES string of the molecule is CC(C)n1ncnc1C(=O)NCc1cn2ncc(CN3CC(F)(F)CNC3=O)cc2n1. The van der Waals surface area contributed by atoms with E-state index in [1.807, 2.05) is 13.8 Å². The van der Waals surface area contributed by atoms with E-state index in [4.69, 9.17) is 0 Å². The van der Waals surface area contributed by atoms with Crippen LogP contribution in [0.15, 0.2) is 24.8 Å². The van der Waals surface area contributed by atoms with E-state index in [2.05, 4.69) is 30.8 Å². The molecule has 0 spiro atoms. The van der Waals surface area contributed by atoms with Gasteiger partial charge >= 0.3 is 6.03 Å². The van der Waals surface area contributed by atoms with Gasteiger partial charge in [0.25, 0.3) is 11.8 Å². The van der Waals surface area contributed by atoms with Crippen molar-refractivity contribution in [2.45, 2.75) is 38.9 Å². The zero-order valence-electron chi connectivity index (χ0n) is 16.9. The standard InChI is InChI=1S/C18H21F2N9O2/c1-11(2)29-15(23-10-25-29)16(30)21-5-13-7-28-14(26-13)3-12(4-24-28)6-27-9-18(19,20)8-22-17(27)31/h3-4,7,10-11H,5-6,8-9H2,1-2H3,(H,21,30)(H,22,31). The third-order valence-corrected chi connectivity index (χ3v) is 4.70. The summed E-state index contributed by atoms with van der Waals surface area (Å²) in [6.07, 6.45) is 4.46. The van der Waals surface area contributed by atoms with Gasteiger partial charge in [0.05, 0.1) is 37.7 Å². The van der Waals surface area contributed by atoms with Crippen molar-refractivity contribution >= 4 is 17.6 Å². The third-order valence-electron chi connectivity index (χ3n) is 4.70. The van der Waals surface area contributed by atoms with Gasteiger partial charge in [0, 0.05) is 12.6 Å². The number of alkyl halides is 2. The first kappa shape index (κ1) is 20.6. The maximum Gasteiger partial charge on any atom is 0.318 e. The molecule has 0 unspecified atom stereocenters. The Balaban J connectivity index is 1.43. The lowest BCUT2D eigenvalue weighted by atomic mass is 10.2. The molecule has 3 aromatic heterocycles. The number of imidazole rings is 1. The highest BCUT2D eigenvalue weighted by molar-refractivity contribution is 5.90. The zero-order valence-corrected chi connectivity index (χ0v) is 16.9. The van der Waals surface area contributed by atoms with Crippen LogP contribution in [0.3, 0.4) is 0 Å². The second kappa shape index (κ2) is 7.89. The van der Waals surface area contributed by atoms with Crippen LogP contribution in [0.1, 0.15) is 41.8 Å². The molecule has 2 N–H and O–H groups in total. The van der Waals surface area contributed by atoms with E-state index < -0.39 is 25.0 Å². The fourth-order valence-corrected chi connectivity index (χ4v) is 3.25. The monoisotopic (exact) mass is 433 g/mol. The maximum atomic E-state index is 13.6. The van der Waals surface area contributed by atoms with Gasteiger partial charge in [0.2, 0.25) is 5.82 Å². The number of aromatic nitrogens is 6. The van der Waals surface area contributed by atoms with E-state index in [1.165, 1.54) is 21.7 Å². The predicted molar refractivity (Wildman–Crippen MR) is 103 cm³/mol. The van der Waals surface area contributed by atoms with Crippen molar-refractivity contribution in [1.82, 2.24) is 44.9 Å². The van der Waals surface area contributed by atoms with Crippen molar-refractivity contribution in [3.05, 3.63) is 41.9 Å². The normalized spacial score (nSPS) is 16.0. The summed E-state index contributed by atoms with van der Waals surface area (Å²) in [5, 5.41) is 13.2. The van der Waals surface area contributed by atoms with Crippen LogP contribution in [0.25, 0.3) is 5.65 Å². The van der Waals surface area contributed by atoms with E-state index >= 15 is 0 Å². The van der Waals surface area contributed by atoms with Crippen molar-refractivity contribution in [2.24, 2.45) is 0 Å². The number of rotatable bonds is 6. The maximum absolute atomic E-state index is 13.6. The molecule has 0 bridgehead atoms.